The van der Waals surface area contributed by atoms with Crippen molar-refractivity contribution in [1.29, 1.82) is 0 Å². The number of ether oxygens (including phenoxy) is 2. The van der Waals surface area contributed by atoms with E-state index in [4.69, 9.17) is 20.7 Å². The van der Waals surface area contributed by atoms with Crippen LogP contribution in [-0.4, -0.2) is 19.2 Å². The molecule has 0 radical (unpaired) electrons. The van der Waals surface area contributed by atoms with E-state index < -0.39 is 13.2 Å². The summed E-state index contributed by atoms with van der Waals surface area (Å²) in [7, 11) is -1.88. The SMILES string of the molecule is CC1(C)COC([P+](=O)Cl)OC1. The molecule has 0 N–H and O–H groups in total. The minimum Gasteiger partial charge on any atom is -0.311 e. The fourth-order valence-electron chi connectivity index (χ4n) is 0.801. The van der Waals surface area contributed by atoms with Gasteiger partial charge in [-0.2, -0.15) is 0 Å². The van der Waals surface area contributed by atoms with Crippen LogP contribution in [-0.2, 0) is 14.0 Å². The Balaban J connectivity index is 2.42. The summed E-state index contributed by atoms with van der Waals surface area (Å²) in [5.74, 6) is 0. The molecule has 1 atom stereocenters. The molecule has 0 saturated carbocycles. The first-order valence-electron chi connectivity index (χ1n) is 3.37. The van der Waals surface area contributed by atoms with Crippen LogP contribution in [0.2, 0.25) is 0 Å². The highest BCUT2D eigenvalue weighted by Gasteiger charge is 2.39. The molecule has 0 bridgehead atoms. The normalized spacial score (nSPS) is 26.6. The van der Waals surface area contributed by atoms with Gasteiger partial charge >= 0.3 is 13.2 Å². The zero-order chi connectivity index (χ0) is 8.48. The Kier molecular flexibility index (Phi) is 2.87. The molecule has 0 spiro atoms. The largest absolute Gasteiger partial charge is 0.518 e. The third-order valence-electron chi connectivity index (χ3n) is 1.40. The molecule has 11 heavy (non-hydrogen) atoms. The van der Waals surface area contributed by atoms with E-state index in [2.05, 4.69) is 0 Å². The second-order valence-corrected chi connectivity index (χ2v) is 5.33. The van der Waals surface area contributed by atoms with Gasteiger partial charge in [-0.1, -0.05) is 13.8 Å². The molecule has 0 aromatic carbocycles. The molecule has 0 aromatic heterocycles. The summed E-state index contributed by atoms with van der Waals surface area (Å²) in [5.41, 5.74) is 0.0126. The van der Waals surface area contributed by atoms with E-state index in [1.165, 1.54) is 0 Å². The summed E-state index contributed by atoms with van der Waals surface area (Å²) in [6.45, 7) is 5.13. The lowest BCUT2D eigenvalue weighted by Gasteiger charge is -2.29. The highest BCUT2D eigenvalue weighted by atomic mass is 35.7. The quantitative estimate of drug-likeness (QED) is 0.606. The van der Waals surface area contributed by atoms with Crippen LogP contribution in [0.4, 0.5) is 0 Å². The van der Waals surface area contributed by atoms with Crippen molar-refractivity contribution < 1.29 is 14.0 Å². The average molecular weight is 198 g/mol. The Morgan fingerprint density at radius 1 is 1.45 bits per heavy atom. The van der Waals surface area contributed by atoms with Gasteiger partial charge < -0.3 is 9.47 Å². The van der Waals surface area contributed by atoms with Gasteiger partial charge in [0.25, 0.3) is 0 Å². The van der Waals surface area contributed by atoms with E-state index in [1.54, 1.807) is 0 Å². The minimum atomic E-state index is -1.88. The lowest BCUT2D eigenvalue weighted by atomic mass is 9.96. The molecular weight excluding hydrogens is 186 g/mol. The van der Waals surface area contributed by atoms with Gasteiger partial charge in [0, 0.05) is 5.41 Å². The highest BCUT2D eigenvalue weighted by molar-refractivity contribution is 7.74. The Bertz CT molecular complexity index is 161. The van der Waals surface area contributed by atoms with Crippen LogP contribution in [0.5, 0.6) is 0 Å². The fourth-order valence-corrected chi connectivity index (χ4v) is 1.52. The van der Waals surface area contributed by atoms with Crippen molar-refractivity contribution in [3.05, 3.63) is 0 Å². The summed E-state index contributed by atoms with van der Waals surface area (Å²) in [5, 5.41) is 0. The van der Waals surface area contributed by atoms with Crippen LogP contribution in [0.1, 0.15) is 13.8 Å². The maximum Gasteiger partial charge on any atom is 0.518 e. The van der Waals surface area contributed by atoms with Crippen molar-refractivity contribution in [2.45, 2.75) is 19.9 Å². The van der Waals surface area contributed by atoms with E-state index in [1.807, 2.05) is 13.8 Å². The van der Waals surface area contributed by atoms with Gasteiger partial charge in [0.05, 0.1) is 13.2 Å². The molecule has 1 heterocycles. The third-order valence-corrected chi connectivity index (χ3v) is 2.51. The Morgan fingerprint density at radius 2 is 1.91 bits per heavy atom. The fraction of sp³-hybridized carbons (Fsp3) is 1.00. The van der Waals surface area contributed by atoms with Crippen LogP contribution in [0.3, 0.4) is 0 Å². The van der Waals surface area contributed by atoms with Crippen LogP contribution in [0.15, 0.2) is 0 Å². The van der Waals surface area contributed by atoms with E-state index in [0.717, 1.165) is 0 Å². The van der Waals surface area contributed by atoms with Gasteiger partial charge in [0.2, 0.25) is 11.2 Å². The van der Waals surface area contributed by atoms with Crippen molar-refractivity contribution in [2.75, 3.05) is 13.2 Å². The van der Waals surface area contributed by atoms with Gasteiger partial charge in [-0.05, 0) is 4.57 Å². The Hall–Kier alpha value is 0.310. The molecule has 1 rings (SSSR count). The molecule has 1 fully saturated rings. The van der Waals surface area contributed by atoms with Gasteiger partial charge in [-0.25, -0.2) is 0 Å². The summed E-state index contributed by atoms with van der Waals surface area (Å²) in [6, 6.07) is -0.709. The predicted molar refractivity (Wildman–Crippen MR) is 42.9 cm³/mol. The number of halogens is 1. The van der Waals surface area contributed by atoms with Crippen LogP contribution < -0.4 is 0 Å². The predicted octanol–water partition coefficient (Wildman–Crippen LogP) is 2.32. The summed E-state index contributed by atoms with van der Waals surface area (Å²) >= 11 is 5.31. The number of hydrogen-bond donors (Lipinski definition) is 0. The number of rotatable bonds is 1. The van der Waals surface area contributed by atoms with Crippen molar-refractivity contribution in [2.24, 2.45) is 5.41 Å². The Morgan fingerprint density at radius 3 is 2.27 bits per heavy atom. The molecule has 64 valence electrons. The van der Waals surface area contributed by atoms with E-state index in [-0.39, 0.29) is 5.41 Å². The van der Waals surface area contributed by atoms with Crippen LogP contribution in [0, 0.1) is 5.41 Å². The molecular formula is C6H11ClO3P+. The lowest BCUT2D eigenvalue weighted by Crippen LogP contribution is -2.35. The zero-order valence-corrected chi connectivity index (χ0v) is 8.19. The monoisotopic (exact) mass is 197 g/mol. The van der Waals surface area contributed by atoms with Gasteiger partial charge in [0.1, 0.15) is 0 Å². The maximum atomic E-state index is 10.7. The van der Waals surface area contributed by atoms with Crippen molar-refractivity contribution in [1.82, 2.24) is 0 Å². The molecule has 1 aliphatic heterocycles. The third kappa shape index (κ3) is 2.68. The zero-order valence-electron chi connectivity index (χ0n) is 6.54. The standard InChI is InChI=1S/C6H11ClO3P/c1-6(2)3-9-5(10-4-6)11(7)8/h5H,3-4H2,1-2H3/q+1. The molecule has 5 heteroatoms. The molecule has 0 aliphatic carbocycles. The topological polar surface area (TPSA) is 35.5 Å². The second-order valence-electron chi connectivity index (χ2n) is 3.37. The lowest BCUT2D eigenvalue weighted by molar-refractivity contribution is -0.178. The molecule has 3 nitrogen and oxygen atoms in total. The van der Waals surface area contributed by atoms with Gasteiger partial charge in [-0.3, -0.25) is 0 Å². The van der Waals surface area contributed by atoms with Gasteiger partial charge in [-0.15, -0.1) is 0 Å². The molecule has 1 saturated heterocycles. The Labute approximate surface area is 71.6 Å². The molecule has 1 unspecified atom stereocenters. The van der Waals surface area contributed by atoms with E-state index in [0.29, 0.717) is 13.2 Å². The molecule has 0 amide bonds. The molecule has 1 aliphatic rings. The smallest absolute Gasteiger partial charge is 0.311 e. The summed E-state index contributed by atoms with van der Waals surface area (Å²) in [4.78, 5) is 0. The van der Waals surface area contributed by atoms with Crippen LogP contribution >= 0.6 is 18.4 Å². The van der Waals surface area contributed by atoms with Crippen molar-refractivity contribution in [3.8, 4) is 0 Å². The maximum absolute atomic E-state index is 10.7. The van der Waals surface area contributed by atoms with Crippen molar-refractivity contribution in [3.63, 3.8) is 0 Å². The van der Waals surface area contributed by atoms with Crippen molar-refractivity contribution >= 4 is 18.4 Å². The summed E-state index contributed by atoms with van der Waals surface area (Å²) in [6.07, 6.45) is 0. The van der Waals surface area contributed by atoms with Crippen LogP contribution in [0.25, 0.3) is 0 Å². The minimum absolute atomic E-state index is 0.0126. The first-order chi connectivity index (χ1) is 5.01. The summed E-state index contributed by atoms with van der Waals surface area (Å²) < 4.78 is 20.9. The molecule has 0 aromatic rings. The second kappa shape index (κ2) is 3.36. The number of hydrogen-bond acceptors (Lipinski definition) is 3. The average Bonchev–Trinajstić information content (AvgIpc) is 1.86. The highest BCUT2D eigenvalue weighted by Crippen LogP contribution is 2.39. The first kappa shape index (κ1) is 9.40. The van der Waals surface area contributed by atoms with E-state index >= 15 is 0 Å². The first-order valence-corrected chi connectivity index (χ1v) is 5.60. The van der Waals surface area contributed by atoms with E-state index in [9.17, 15) is 4.57 Å². The van der Waals surface area contributed by atoms with Gasteiger partial charge in [0.15, 0.2) is 0 Å².